The van der Waals surface area contributed by atoms with Gasteiger partial charge in [0.25, 0.3) is 0 Å². The maximum absolute atomic E-state index is 13.6. The summed E-state index contributed by atoms with van der Waals surface area (Å²) in [7, 11) is 1.73. The van der Waals surface area contributed by atoms with E-state index in [0.29, 0.717) is 36.2 Å². The van der Waals surface area contributed by atoms with Crippen molar-refractivity contribution in [2.45, 2.75) is 18.5 Å². The summed E-state index contributed by atoms with van der Waals surface area (Å²) in [5.74, 6) is -2.54. The lowest BCUT2D eigenvalue weighted by molar-refractivity contribution is -0.140. The highest BCUT2D eigenvalue weighted by molar-refractivity contribution is 5.96. The summed E-state index contributed by atoms with van der Waals surface area (Å²) >= 11 is 0. The molecule has 0 radical (unpaired) electrons. The summed E-state index contributed by atoms with van der Waals surface area (Å²) in [4.78, 5) is 13.0. The van der Waals surface area contributed by atoms with Crippen LogP contribution in [0.5, 0.6) is 0 Å². The zero-order valence-corrected chi connectivity index (χ0v) is 17.7. The van der Waals surface area contributed by atoms with Gasteiger partial charge in [-0.2, -0.15) is 18.4 Å². The van der Waals surface area contributed by atoms with Gasteiger partial charge in [0.15, 0.2) is 0 Å². The number of carbonyl (C=O) groups excluding carboxylic acids is 1. The van der Waals surface area contributed by atoms with Crippen molar-refractivity contribution < 1.29 is 22.4 Å². The van der Waals surface area contributed by atoms with Crippen LogP contribution in [0.3, 0.4) is 0 Å². The Morgan fingerprint density at radius 3 is 2.39 bits per heavy atom. The van der Waals surface area contributed by atoms with Crippen molar-refractivity contribution in [3.8, 4) is 17.2 Å². The summed E-state index contributed by atoms with van der Waals surface area (Å²) in [6, 6.07) is 18.8. The lowest BCUT2D eigenvalue weighted by atomic mass is 9.92. The average molecular weight is 455 g/mol. The molecule has 4 nitrogen and oxygen atoms in total. The van der Waals surface area contributed by atoms with Gasteiger partial charge in [0, 0.05) is 5.69 Å². The number of nitriles is 1. The van der Waals surface area contributed by atoms with Crippen LogP contribution in [0.4, 0.5) is 23.2 Å². The molecule has 0 fully saturated rings. The number of hydrogen-bond donors (Lipinski definition) is 2. The van der Waals surface area contributed by atoms with E-state index in [0.717, 1.165) is 17.2 Å². The fourth-order valence-electron chi connectivity index (χ4n) is 3.46. The predicted octanol–water partition coefficient (Wildman–Crippen LogP) is 5.71. The molecule has 0 saturated carbocycles. The number of benzene rings is 3. The molecule has 33 heavy (non-hydrogen) atoms. The molecule has 0 aliphatic heterocycles. The summed E-state index contributed by atoms with van der Waals surface area (Å²) in [6.45, 7) is 0.501. The van der Waals surface area contributed by atoms with E-state index < -0.39 is 29.4 Å². The van der Waals surface area contributed by atoms with Crippen molar-refractivity contribution in [3.63, 3.8) is 0 Å². The van der Waals surface area contributed by atoms with Gasteiger partial charge in [0.05, 0.1) is 23.1 Å². The molecule has 0 aromatic heterocycles. The van der Waals surface area contributed by atoms with Crippen LogP contribution in [0.1, 0.15) is 29.0 Å². The average Bonchev–Trinajstić information content (AvgIpc) is 2.80. The number of amides is 1. The third kappa shape index (κ3) is 5.96. The highest BCUT2D eigenvalue weighted by Gasteiger charge is 2.34. The predicted molar refractivity (Wildman–Crippen MR) is 118 cm³/mol. The number of hydrogen-bond acceptors (Lipinski definition) is 3. The van der Waals surface area contributed by atoms with Gasteiger partial charge in [-0.05, 0) is 67.0 Å². The van der Waals surface area contributed by atoms with E-state index in [1.54, 1.807) is 37.4 Å². The van der Waals surface area contributed by atoms with Crippen molar-refractivity contribution in [1.29, 1.82) is 5.26 Å². The van der Waals surface area contributed by atoms with Crippen molar-refractivity contribution in [3.05, 3.63) is 89.2 Å². The molecule has 0 bridgehead atoms. The molecular weight excluding hydrogens is 434 g/mol. The summed E-state index contributed by atoms with van der Waals surface area (Å²) in [5, 5.41) is 14.5. The lowest BCUT2D eigenvalue weighted by Crippen LogP contribution is -2.24. The summed E-state index contributed by atoms with van der Waals surface area (Å²) in [5.41, 5.74) is 1.35. The van der Waals surface area contributed by atoms with Gasteiger partial charge in [-0.3, -0.25) is 4.79 Å². The van der Waals surface area contributed by atoms with E-state index in [-0.39, 0.29) is 5.69 Å². The van der Waals surface area contributed by atoms with Crippen molar-refractivity contribution in [2.24, 2.45) is 0 Å². The van der Waals surface area contributed by atoms with E-state index in [1.165, 1.54) is 0 Å². The van der Waals surface area contributed by atoms with Gasteiger partial charge < -0.3 is 10.6 Å². The van der Waals surface area contributed by atoms with Gasteiger partial charge in [-0.15, -0.1) is 0 Å². The number of nitrogens with one attached hydrogen (secondary N) is 2. The first-order valence-corrected chi connectivity index (χ1v) is 10.2. The highest BCUT2D eigenvalue weighted by atomic mass is 19.4. The second kappa shape index (κ2) is 10.3. The molecule has 3 rings (SSSR count). The molecule has 3 aromatic carbocycles. The van der Waals surface area contributed by atoms with Crippen LogP contribution in [0.25, 0.3) is 11.1 Å². The van der Waals surface area contributed by atoms with Crippen LogP contribution >= 0.6 is 0 Å². The SMILES string of the molecule is CNCCC(C(=O)Nc1ccc(F)c(C(F)(F)F)c1)c1ccc(-c2cccc(C#N)c2)cc1. The Bertz CT molecular complexity index is 1170. The van der Waals surface area contributed by atoms with Gasteiger partial charge >= 0.3 is 6.18 Å². The molecule has 0 heterocycles. The van der Waals surface area contributed by atoms with Crippen LogP contribution < -0.4 is 10.6 Å². The van der Waals surface area contributed by atoms with E-state index >= 15 is 0 Å². The molecule has 2 N–H and O–H groups in total. The fraction of sp³-hybridized carbons (Fsp3) is 0.200. The molecule has 1 unspecified atom stereocenters. The van der Waals surface area contributed by atoms with Crippen molar-refractivity contribution in [1.82, 2.24) is 5.32 Å². The quantitative estimate of drug-likeness (QED) is 0.448. The van der Waals surface area contributed by atoms with Crippen LogP contribution in [-0.4, -0.2) is 19.5 Å². The van der Waals surface area contributed by atoms with Gasteiger partial charge in [0.1, 0.15) is 5.82 Å². The summed E-state index contributed by atoms with van der Waals surface area (Å²) < 4.78 is 52.6. The van der Waals surface area contributed by atoms with E-state index in [1.807, 2.05) is 18.2 Å². The molecule has 3 aromatic rings. The largest absolute Gasteiger partial charge is 0.419 e. The molecular formula is C25H21F4N3O. The topological polar surface area (TPSA) is 64.9 Å². The normalized spacial score (nSPS) is 12.1. The second-order valence-corrected chi connectivity index (χ2v) is 7.44. The van der Waals surface area contributed by atoms with Gasteiger partial charge in [-0.1, -0.05) is 36.4 Å². The first-order chi connectivity index (χ1) is 15.7. The minimum absolute atomic E-state index is 0.131. The number of alkyl halides is 3. The van der Waals surface area contributed by atoms with Crippen LogP contribution in [0.15, 0.2) is 66.7 Å². The molecule has 0 saturated heterocycles. The number of rotatable bonds is 7. The van der Waals surface area contributed by atoms with E-state index in [4.69, 9.17) is 5.26 Å². The van der Waals surface area contributed by atoms with Crippen LogP contribution in [0.2, 0.25) is 0 Å². The van der Waals surface area contributed by atoms with E-state index in [9.17, 15) is 22.4 Å². The molecule has 1 amide bonds. The Balaban J connectivity index is 1.85. The molecule has 0 aliphatic rings. The number of anilines is 1. The monoisotopic (exact) mass is 455 g/mol. The molecule has 170 valence electrons. The fourth-order valence-corrected chi connectivity index (χ4v) is 3.46. The maximum Gasteiger partial charge on any atom is 0.419 e. The van der Waals surface area contributed by atoms with Gasteiger partial charge in [0.2, 0.25) is 5.91 Å². The first kappa shape index (κ1) is 24.0. The molecule has 0 spiro atoms. The Morgan fingerprint density at radius 1 is 1.03 bits per heavy atom. The molecule has 8 heteroatoms. The van der Waals surface area contributed by atoms with E-state index in [2.05, 4.69) is 16.7 Å². The Labute approximate surface area is 188 Å². The Kier molecular flexibility index (Phi) is 7.46. The Hall–Kier alpha value is -3.70. The van der Waals surface area contributed by atoms with Crippen LogP contribution in [-0.2, 0) is 11.0 Å². The molecule has 0 aliphatic carbocycles. The lowest BCUT2D eigenvalue weighted by Gasteiger charge is -2.18. The second-order valence-electron chi connectivity index (χ2n) is 7.44. The minimum Gasteiger partial charge on any atom is -0.326 e. The zero-order valence-electron chi connectivity index (χ0n) is 17.7. The smallest absolute Gasteiger partial charge is 0.326 e. The minimum atomic E-state index is -4.87. The zero-order chi connectivity index (χ0) is 24.0. The van der Waals surface area contributed by atoms with Gasteiger partial charge in [-0.25, -0.2) is 4.39 Å². The first-order valence-electron chi connectivity index (χ1n) is 10.2. The number of carbonyl (C=O) groups is 1. The standard InChI is InChI=1S/C25H21F4N3O/c1-31-12-11-21(24(33)32-20-9-10-23(26)22(14-20)25(27,28)29)18-7-5-17(6-8-18)19-4-2-3-16(13-19)15-30/h2-10,13-14,21,31H,11-12H2,1H3,(H,32,33). The Morgan fingerprint density at radius 2 is 1.76 bits per heavy atom. The highest BCUT2D eigenvalue weighted by Crippen LogP contribution is 2.33. The summed E-state index contributed by atoms with van der Waals surface area (Å²) in [6.07, 6.45) is -4.46. The van der Waals surface area contributed by atoms with Crippen LogP contribution in [0, 0.1) is 17.1 Å². The number of halogens is 4. The molecule has 1 atom stereocenters. The third-order valence-electron chi connectivity index (χ3n) is 5.18. The third-order valence-corrected chi connectivity index (χ3v) is 5.18. The van der Waals surface area contributed by atoms with Crippen molar-refractivity contribution >= 4 is 11.6 Å². The number of nitrogens with zero attached hydrogens (tertiary/aromatic N) is 1. The van der Waals surface area contributed by atoms with Crippen molar-refractivity contribution in [2.75, 3.05) is 18.9 Å². The maximum atomic E-state index is 13.6.